The molecule has 136 valence electrons. The second-order valence-electron chi connectivity index (χ2n) is 6.15. The molecule has 25 heavy (non-hydrogen) atoms. The van der Waals surface area contributed by atoms with Gasteiger partial charge in [0.2, 0.25) is 0 Å². The van der Waals surface area contributed by atoms with E-state index in [4.69, 9.17) is 11.6 Å². The summed E-state index contributed by atoms with van der Waals surface area (Å²) in [6, 6.07) is 11.4. The number of hydrogen-bond acceptors (Lipinski definition) is 4. The van der Waals surface area contributed by atoms with Crippen molar-refractivity contribution < 1.29 is 13.5 Å². The molecular formula is C18H22ClFN2O2S. The van der Waals surface area contributed by atoms with Crippen LogP contribution in [0.2, 0.25) is 5.02 Å². The first-order valence-electron chi connectivity index (χ1n) is 8.20. The zero-order valence-corrected chi connectivity index (χ0v) is 15.5. The smallest absolute Gasteiger partial charge is 0.148 e. The van der Waals surface area contributed by atoms with Crippen LogP contribution in [0.4, 0.5) is 15.8 Å². The van der Waals surface area contributed by atoms with Crippen LogP contribution in [-0.2, 0) is 6.42 Å². The molecule has 7 heteroatoms. The molecule has 1 heterocycles. The molecular weight excluding hydrogens is 363 g/mol. The van der Waals surface area contributed by atoms with Gasteiger partial charge in [0.15, 0.2) is 0 Å². The quantitative estimate of drug-likeness (QED) is 0.619. The summed E-state index contributed by atoms with van der Waals surface area (Å²) < 4.78 is 37.9. The van der Waals surface area contributed by atoms with Gasteiger partial charge in [-0.2, -0.15) is 0 Å². The molecule has 1 aliphatic heterocycles. The Bertz CT molecular complexity index is 760. The maximum Gasteiger partial charge on any atom is 0.148 e. The maximum atomic E-state index is 14.4. The van der Waals surface area contributed by atoms with Gasteiger partial charge >= 0.3 is 0 Å². The zero-order chi connectivity index (χ0) is 18.0. The molecule has 0 saturated carbocycles. The van der Waals surface area contributed by atoms with Crippen molar-refractivity contribution in [2.45, 2.75) is 24.5 Å². The van der Waals surface area contributed by atoms with E-state index in [0.717, 1.165) is 18.5 Å². The van der Waals surface area contributed by atoms with E-state index in [2.05, 4.69) is 5.32 Å². The zero-order valence-electron chi connectivity index (χ0n) is 14.0. The van der Waals surface area contributed by atoms with Crippen LogP contribution in [0.15, 0.2) is 42.5 Å². The minimum atomic E-state index is -3.22. The van der Waals surface area contributed by atoms with E-state index in [-0.39, 0.29) is 10.9 Å². The summed E-state index contributed by atoms with van der Waals surface area (Å²) in [7, 11) is -1.36. The van der Waals surface area contributed by atoms with E-state index >= 15 is 0 Å². The van der Waals surface area contributed by atoms with Gasteiger partial charge in [-0.25, -0.2) is 8.70 Å². The van der Waals surface area contributed by atoms with Crippen molar-refractivity contribution in [3.63, 3.8) is 0 Å². The first-order chi connectivity index (χ1) is 11.9. The first kappa shape index (κ1) is 18.5. The van der Waals surface area contributed by atoms with Gasteiger partial charge in [0.1, 0.15) is 5.82 Å². The van der Waals surface area contributed by atoms with Crippen LogP contribution in [-0.4, -0.2) is 27.9 Å². The van der Waals surface area contributed by atoms with E-state index < -0.39 is 16.6 Å². The average Bonchev–Trinajstić information content (AvgIpc) is 2.57. The molecule has 0 aromatic heterocycles. The summed E-state index contributed by atoms with van der Waals surface area (Å²) in [5, 5.41) is 3.27. The predicted octanol–water partition coefficient (Wildman–Crippen LogP) is 5.21. The standard InChI is InChI=1S/C18H22ClFN2O2S/c1-21-10-4-5-15-12-13-11-14(19)8-9-17(13)22(25(15,23)24)18-7-3-2-6-16(18)20/h2-3,6-9,11,15,21,23-24H,4-5,10,12H2,1H3/t15-/m0/s1. The van der Waals surface area contributed by atoms with Gasteiger partial charge in [-0.15, -0.1) is 10.8 Å². The van der Waals surface area contributed by atoms with Crippen molar-refractivity contribution in [3.8, 4) is 0 Å². The normalized spacial score (nSPS) is 20.2. The molecule has 3 rings (SSSR count). The fourth-order valence-corrected chi connectivity index (χ4v) is 5.51. The minimum absolute atomic E-state index is 0.171. The molecule has 0 unspecified atom stereocenters. The number of halogens is 2. The Kier molecular flexibility index (Phi) is 5.55. The number of rotatable bonds is 5. The number of fused-ring (bicyclic) bond motifs is 1. The molecule has 1 aliphatic rings. The van der Waals surface area contributed by atoms with Crippen molar-refractivity contribution in [2.24, 2.45) is 0 Å². The van der Waals surface area contributed by atoms with Crippen LogP contribution in [0.1, 0.15) is 18.4 Å². The number of anilines is 2. The fourth-order valence-electron chi connectivity index (χ4n) is 3.22. The molecule has 0 spiro atoms. The van der Waals surface area contributed by atoms with Crippen LogP contribution in [0.3, 0.4) is 0 Å². The summed E-state index contributed by atoms with van der Waals surface area (Å²) in [5.74, 6) is -0.487. The lowest BCUT2D eigenvalue weighted by Crippen LogP contribution is -2.38. The number of nitrogens with zero attached hydrogens (tertiary/aromatic N) is 1. The Hall–Kier alpha value is -1.31. The van der Waals surface area contributed by atoms with Crippen molar-refractivity contribution >= 4 is 33.8 Å². The molecule has 2 aromatic rings. The molecule has 3 N–H and O–H groups in total. The van der Waals surface area contributed by atoms with Crippen molar-refractivity contribution in [2.75, 3.05) is 17.9 Å². The highest BCUT2D eigenvalue weighted by Gasteiger charge is 2.40. The third kappa shape index (κ3) is 3.64. The van der Waals surface area contributed by atoms with Gasteiger partial charge in [0.05, 0.1) is 16.6 Å². The predicted molar refractivity (Wildman–Crippen MR) is 103 cm³/mol. The molecule has 0 bridgehead atoms. The number of para-hydroxylation sites is 1. The summed E-state index contributed by atoms with van der Waals surface area (Å²) >= 11 is 6.13. The van der Waals surface area contributed by atoms with Gasteiger partial charge in [0.25, 0.3) is 0 Å². The third-order valence-electron chi connectivity index (χ3n) is 4.45. The summed E-state index contributed by atoms with van der Waals surface area (Å²) in [5.41, 5.74) is 1.67. The SMILES string of the molecule is CNCCC[C@H]1Cc2cc(Cl)ccc2N(c2ccccc2F)S1(O)O. The molecule has 0 saturated heterocycles. The van der Waals surface area contributed by atoms with Gasteiger partial charge in [-0.1, -0.05) is 23.7 Å². The first-order valence-corrected chi connectivity index (χ1v) is 10.1. The third-order valence-corrected chi connectivity index (χ3v) is 6.91. The lowest BCUT2D eigenvalue weighted by molar-refractivity contribution is 0.453. The highest BCUT2D eigenvalue weighted by atomic mass is 35.5. The fraction of sp³-hybridized carbons (Fsp3) is 0.333. The van der Waals surface area contributed by atoms with Crippen LogP contribution in [0, 0.1) is 5.82 Å². The van der Waals surface area contributed by atoms with E-state index in [1.807, 2.05) is 13.1 Å². The van der Waals surface area contributed by atoms with Crippen molar-refractivity contribution in [3.05, 3.63) is 58.9 Å². The van der Waals surface area contributed by atoms with Crippen molar-refractivity contribution in [1.29, 1.82) is 0 Å². The minimum Gasteiger partial charge on any atom is -0.320 e. The topological polar surface area (TPSA) is 55.7 Å². The van der Waals surface area contributed by atoms with E-state index in [9.17, 15) is 13.5 Å². The van der Waals surface area contributed by atoms with E-state index in [1.54, 1.807) is 30.3 Å². The Labute approximate surface area is 154 Å². The second-order valence-corrected chi connectivity index (χ2v) is 8.74. The van der Waals surface area contributed by atoms with Crippen molar-refractivity contribution in [1.82, 2.24) is 5.32 Å². The van der Waals surface area contributed by atoms with Crippen LogP contribution < -0.4 is 9.62 Å². The molecule has 0 aliphatic carbocycles. The maximum absolute atomic E-state index is 14.4. The lowest BCUT2D eigenvalue weighted by atomic mass is 10.0. The second kappa shape index (κ2) is 7.51. The van der Waals surface area contributed by atoms with Gasteiger partial charge in [-0.3, -0.25) is 9.11 Å². The van der Waals surface area contributed by atoms with Crippen LogP contribution in [0.25, 0.3) is 0 Å². The largest absolute Gasteiger partial charge is 0.320 e. The Morgan fingerprint density at radius 2 is 2.00 bits per heavy atom. The van der Waals surface area contributed by atoms with E-state index in [0.29, 0.717) is 23.6 Å². The summed E-state index contributed by atoms with van der Waals surface area (Å²) in [6.07, 6.45) is 1.94. The molecule has 4 nitrogen and oxygen atoms in total. The molecule has 0 radical (unpaired) electrons. The Morgan fingerprint density at radius 3 is 2.72 bits per heavy atom. The molecule has 0 amide bonds. The number of benzene rings is 2. The highest BCUT2D eigenvalue weighted by Crippen LogP contribution is 2.61. The van der Waals surface area contributed by atoms with Crippen LogP contribution >= 0.6 is 22.4 Å². The van der Waals surface area contributed by atoms with Gasteiger partial charge in [0, 0.05) is 5.02 Å². The Morgan fingerprint density at radius 1 is 1.24 bits per heavy atom. The highest BCUT2D eigenvalue weighted by molar-refractivity contribution is 8.26. The Balaban J connectivity index is 2.08. The average molecular weight is 385 g/mol. The van der Waals surface area contributed by atoms with Crippen LogP contribution in [0.5, 0.6) is 0 Å². The molecule has 1 atom stereocenters. The number of hydrogen-bond donors (Lipinski definition) is 3. The van der Waals surface area contributed by atoms with E-state index in [1.165, 1.54) is 10.4 Å². The number of nitrogens with one attached hydrogen (secondary N) is 1. The molecule has 2 aromatic carbocycles. The molecule has 0 fully saturated rings. The lowest BCUT2D eigenvalue weighted by Gasteiger charge is -2.53. The summed E-state index contributed by atoms with van der Waals surface area (Å²) in [4.78, 5) is 0. The van der Waals surface area contributed by atoms with Gasteiger partial charge in [-0.05, 0) is 68.8 Å². The summed E-state index contributed by atoms with van der Waals surface area (Å²) in [6.45, 7) is 0.786. The van der Waals surface area contributed by atoms with Gasteiger partial charge < -0.3 is 5.32 Å². The monoisotopic (exact) mass is 384 g/mol.